The summed E-state index contributed by atoms with van der Waals surface area (Å²) in [5, 5.41) is 3.84. The molecule has 0 spiro atoms. The fourth-order valence-electron chi connectivity index (χ4n) is 1.88. The molecule has 2 heterocycles. The first-order chi connectivity index (χ1) is 8.20. The van der Waals surface area contributed by atoms with Crippen LogP contribution in [-0.4, -0.2) is 29.2 Å². The molecule has 1 aliphatic heterocycles. The predicted octanol–water partition coefficient (Wildman–Crippen LogP) is 2.59. The van der Waals surface area contributed by atoms with Crippen molar-refractivity contribution in [1.29, 1.82) is 0 Å². The van der Waals surface area contributed by atoms with Crippen LogP contribution in [0.25, 0.3) is 0 Å². The Kier molecular flexibility index (Phi) is 4.18. The Morgan fingerprint density at radius 2 is 2.29 bits per heavy atom. The van der Waals surface area contributed by atoms with Gasteiger partial charge in [-0.1, -0.05) is 18.5 Å². The van der Waals surface area contributed by atoms with Crippen LogP contribution < -0.4 is 5.32 Å². The minimum atomic E-state index is 0.299. The van der Waals surface area contributed by atoms with Crippen molar-refractivity contribution >= 4 is 17.4 Å². The molecule has 1 fully saturated rings. The van der Waals surface area contributed by atoms with Crippen molar-refractivity contribution < 1.29 is 4.74 Å². The summed E-state index contributed by atoms with van der Waals surface area (Å²) in [6.45, 7) is 5.61. The molecule has 2 rings (SSSR count). The molecule has 1 saturated heterocycles. The van der Waals surface area contributed by atoms with Gasteiger partial charge in [-0.15, -0.1) is 0 Å². The zero-order valence-corrected chi connectivity index (χ0v) is 11.0. The first-order valence-corrected chi connectivity index (χ1v) is 6.47. The van der Waals surface area contributed by atoms with Crippen molar-refractivity contribution in [2.24, 2.45) is 0 Å². The molecule has 17 heavy (non-hydrogen) atoms. The van der Waals surface area contributed by atoms with Gasteiger partial charge < -0.3 is 10.1 Å². The number of halogens is 1. The zero-order chi connectivity index (χ0) is 12.3. The van der Waals surface area contributed by atoms with Crippen LogP contribution in [-0.2, 0) is 11.2 Å². The van der Waals surface area contributed by atoms with E-state index in [1.807, 2.05) is 13.8 Å². The van der Waals surface area contributed by atoms with E-state index in [0.29, 0.717) is 11.3 Å². The lowest BCUT2D eigenvalue weighted by Gasteiger charge is -2.14. The van der Waals surface area contributed by atoms with Crippen molar-refractivity contribution in [1.82, 2.24) is 9.97 Å². The van der Waals surface area contributed by atoms with Crippen LogP contribution in [0.15, 0.2) is 0 Å². The Labute approximate surface area is 107 Å². The third-order valence-corrected chi connectivity index (χ3v) is 3.34. The second kappa shape index (κ2) is 5.65. The van der Waals surface area contributed by atoms with E-state index in [2.05, 4.69) is 15.3 Å². The second-order valence-electron chi connectivity index (χ2n) is 4.27. The third kappa shape index (κ3) is 3.07. The maximum absolute atomic E-state index is 6.07. The minimum Gasteiger partial charge on any atom is -0.376 e. The summed E-state index contributed by atoms with van der Waals surface area (Å²) in [7, 11) is 0. The Morgan fingerprint density at radius 1 is 1.47 bits per heavy atom. The number of aryl methyl sites for hydroxylation is 1. The van der Waals surface area contributed by atoms with Crippen molar-refractivity contribution in [3.05, 3.63) is 16.5 Å². The lowest BCUT2D eigenvalue weighted by Crippen LogP contribution is -2.20. The molecule has 5 heteroatoms. The SMILES string of the molecule is CCc1nc(Cl)c(C)c(NCC2CCCO2)n1. The molecular weight excluding hydrogens is 238 g/mol. The first-order valence-electron chi connectivity index (χ1n) is 6.09. The molecule has 94 valence electrons. The second-order valence-corrected chi connectivity index (χ2v) is 4.63. The maximum Gasteiger partial charge on any atom is 0.137 e. The summed E-state index contributed by atoms with van der Waals surface area (Å²) in [5.41, 5.74) is 0.905. The van der Waals surface area contributed by atoms with E-state index in [0.717, 1.165) is 49.6 Å². The van der Waals surface area contributed by atoms with Gasteiger partial charge in [0.15, 0.2) is 0 Å². The fourth-order valence-corrected chi connectivity index (χ4v) is 2.07. The third-order valence-electron chi connectivity index (χ3n) is 2.97. The van der Waals surface area contributed by atoms with Gasteiger partial charge in [0.05, 0.1) is 6.10 Å². The number of hydrogen-bond donors (Lipinski definition) is 1. The number of nitrogens with zero attached hydrogens (tertiary/aromatic N) is 2. The number of hydrogen-bond acceptors (Lipinski definition) is 4. The summed E-state index contributed by atoms with van der Waals surface area (Å²) < 4.78 is 5.56. The molecule has 1 N–H and O–H groups in total. The van der Waals surface area contributed by atoms with Crippen LogP contribution in [0.3, 0.4) is 0 Å². The summed E-state index contributed by atoms with van der Waals surface area (Å²) in [5.74, 6) is 1.60. The van der Waals surface area contributed by atoms with Crippen LogP contribution >= 0.6 is 11.6 Å². The highest BCUT2D eigenvalue weighted by Gasteiger charge is 2.16. The summed E-state index contributed by atoms with van der Waals surface area (Å²) in [6, 6.07) is 0. The van der Waals surface area contributed by atoms with Crippen molar-refractivity contribution in [2.75, 3.05) is 18.5 Å². The van der Waals surface area contributed by atoms with Gasteiger partial charge in [0, 0.05) is 25.1 Å². The largest absolute Gasteiger partial charge is 0.376 e. The summed E-state index contributed by atoms with van der Waals surface area (Å²) in [6.07, 6.45) is 3.35. The molecular formula is C12H18ClN3O. The molecule has 1 unspecified atom stereocenters. The molecule has 4 nitrogen and oxygen atoms in total. The van der Waals surface area contributed by atoms with E-state index in [-0.39, 0.29) is 0 Å². The standard InChI is InChI=1S/C12H18ClN3O/c1-3-10-15-11(13)8(2)12(16-10)14-7-9-5-4-6-17-9/h9H,3-7H2,1-2H3,(H,14,15,16). The average molecular weight is 256 g/mol. The van der Waals surface area contributed by atoms with Crippen LogP contribution in [0.1, 0.15) is 31.2 Å². The highest BCUT2D eigenvalue weighted by atomic mass is 35.5. The number of anilines is 1. The van der Waals surface area contributed by atoms with Crippen molar-refractivity contribution in [2.45, 2.75) is 39.2 Å². The highest BCUT2D eigenvalue weighted by Crippen LogP contribution is 2.21. The zero-order valence-electron chi connectivity index (χ0n) is 10.3. The number of rotatable bonds is 4. The van der Waals surface area contributed by atoms with Gasteiger partial charge >= 0.3 is 0 Å². The van der Waals surface area contributed by atoms with E-state index >= 15 is 0 Å². The molecule has 1 aromatic heterocycles. The van der Waals surface area contributed by atoms with Crippen molar-refractivity contribution in [3.8, 4) is 0 Å². The minimum absolute atomic E-state index is 0.299. The summed E-state index contributed by atoms with van der Waals surface area (Å²) >= 11 is 6.07. The highest BCUT2D eigenvalue weighted by molar-refractivity contribution is 6.30. The Morgan fingerprint density at radius 3 is 2.94 bits per heavy atom. The molecule has 0 aromatic carbocycles. The fraction of sp³-hybridized carbons (Fsp3) is 0.667. The molecule has 0 amide bonds. The molecule has 0 radical (unpaired) electrons. The Hall–Kier alpha value is -0.870. The number of aromatic nitrogens is 2. The average Bonchev–Trinajstić information content (AvgIpc) is 2.84. The molecule has 1 aliphatic rings. The Bertz CT molecular complexity index is 392. The topological polar surface area (TPSA) is 47.0 Å². The summed E-state index contributed by atoms with van der Waals surface area (Å²) in [4.78, 5) is 8.67. The van der Waals surface area contributed by atoms with Gasteiger partial charge in [0.2, 0.25) is 0 Å². The smallest absolute Gasteiger partial charge is 0.137 e. The lowest BCUT2D eigenvalue weighted by atomic mass is 10.2. The number of ether oxygens (including phenoxy) is 1. The van der Waals surface area contributed by atoms with Gasteiger partial charge in [-0.2, -0.15) is 0 Å². The van der Waals surface area contributed by atoms with Gasteiger partial charge in [-0.3, -0.25) is 0 Å². The van der Waals surface area contributed by atoms with Gasteiger partial charge in [-0.25, -0.2) is 9.97 Å². The monoisotopic (exact) mass is 255 g/mol. The normalized spacial score (nSPS) is 19.6. The number of nitrogens with one attached hydrogen (secondary N) is 1. The molecule has 0 saturated carbocycles. The first kappa shape index (κ1) is 12.6. The van der Waals surface area contributed by atoms with Crippen LogP contribution in [0.5, 0.6) is 0 Å². The van der Waals surface area contributed by atoms with Gasteiger partial charge in [0.25, 0.3) is 0 Å². The Balaban J connectivity index is 2.05. The molecule has 1 aromatic rings. The maximum atomic E-state index is 6.07. The van der Waals surface area contributed by atoms with Crippen LogP contribution in [0.4, 0.5) is 5.82 Å². The quantitative estimate of drug-likeness (QED) is 0.840. The van der Waals surface area contributed by atoms with E-state index in [1.165, 1.54) is 0 Å². The predicted molar refractivity (Wildman–Crippen MR) is 68.6 cm³/mol. The molecule has 0 bridgehead atoms. The van der Waals surface area contributed by atoms with Crippen LogP contribution in [0.2, 0.25) is 5.15 Å². The lowest BCUT2D eigenvalue weighted by molar-refractivity contribution is 0.120. The van der Waals surface area contributed by atoms with Crippen molar-refractivity contribution in [3.63, 3.8) is 0 Å². The van der Waals surface area contributed by atoms with Gasteiger partial charge in [0.1, 0.15) is 16.8 Å². The molecule has 1 atom stereocenters. The van der Waals surface area contributed by atoms with E-state index in [4.69, 9.17) is 16.3 Å². The van der Waals surface area contributed by atoms with Crippen LogP contribution in [0, 0.1) is 6.92 Å². The van der Waals surface area contributed by atoms with E-state index in [1.54, 1.807) is 0 Å². The van der Waals surface area contributed by atoms with E-state index in [9.17, 15) is 0 Å². The van der Waals surface area contributed by atoms with E-state index < -0.39 is 0 Å². The molecule has 0 aliphatic carbocycles. The van der Waals surface area contributed by atoms with Gasteiger partial charge in [-0.05, 0) is 19.8 Å².